The van der Waals surface area contributed by atoms with Crippen LogP contribution in [0.15, 0.2) is 48.8 Å². The van der Waals surface area contributed by atoms with Gasteiger partial charge in [0.25, 0.3) is 11.8 Å². The molecule has 3 aromatic rings. The molecule has 1 aromatic carbocycles. The smallest absolute Gasteiger partial charge is 0.417 e. The van der Waals surface area contributed by atoms with Gasteiger partial charge in [-0.3, -0.25) is 20.4 Å². The quantitative estimate of drug-likeness (QED) is 0.603. The van der Waals surface area contributed by atoms with E-state index in [-0.39, 0.29) is 11.4 Å². The summed E-state index contributed by atoms with van der Waals surface area (Å²) in [5, 5.41) is 4.00. The number of carbonyl (C=O) groups is 2. The van der Waals surface area contributed by atoms with Crippen LogP contribution in [-0.2, 0) is 6.18 Å². The van der Waals surface area contributed by atoms with Crippen molar-refractivity contribution in [1.29, 1.82) is 0 Å². The van der Waals surface area contributed by atoms with Gasteiger partial charge in [-0.05, 0) is 50.2 Å². The maximum atomic E-state index is 12.7. The fourth-order valence-corrected chi connectivity index (χ4v) is 2.66. The molecule has 0 atom stereocenters. The van der Waals surface area contributed by atoms with Crippen molar-refractivity contribution in [2.45, 2.75) is 20.0 Å². The van der Waals surface area contributed by atoms with Gasteiger partial charge in [-0.2, -0.15) is 18.3 Å². The molecule has 0 radical (unpaired) electrons. The second-order valence-electron chi connectivity index (χ2n) is 6.32. The van der Waals surface area contributed by atoms with Crippen molar-refractivity contribution in [3.63, 3.8) is 0 Å². The summed E-state index contributed by atoms with van der Waals surface area (Å²) >= 11 is 0. The molecule has 2 amide bonds. The maximum Gasteiger partial charge on any atom is 0.417 e. The Kier molecular flexibility index (Phi) is 6.23. The van der Waals surface area contributed by atoms with Gasteiger partial charge in [0.05, 0.1) is 29.6 Å². The lowest BCUT2D eigenvalue weighted by molar-refractivity contribution is -0.137. The number of aromatic nitrogens is 3. The summed E-state index contributed by atoms with van der Waals surface area (Å²) in [6.07, 6.45) is -2.59. The summed E-state index contributed by atoms with van der Waals surface area (Å²) in [4.78, 5) is 28.3. The van der Waals surface area contributed by atoms with Gasteiger partial charge in [0, 0.05) is 11.8 Å². The van der Waals surface area contributed by atoms with E-state index in [9.17, 15) is 22.8 Å². The van der Waals surface area contributed by atoms with Gasteiger partial charge >= 0.3 is 6.18 Å². The highest BCUT2D eigenvalue weighted by Crippen LogP contribution is 2.28. The van der Waals surface area contributed by atoms with E-state index in [0.29, 0.717) is 29.8 Å². The highest BCUT2D eigenvalue weighted by Gasteiger charge is 2.30. The molecule has 0 bridgehead atoms. The second-order valence-corrected chi connectivity index (χ2v) is 6.32. The molecule has 0 saturated carbocycles. The minimum atomic E-state index is -4.50. The van der Waals surface area contributed by atoms with Crippen molar-refractivity contribution >= 4 is 11.8 Å². The van der Waals surface area contributed by atoms with Gasteiger partial charge < -0.3 is 4.74 Å². The Morgan fingerprint density at radius 1 is 1.03 bits per heavy atom. The van der Waals surface area contributed by atoms with Crippen LogP contribution in [0, 0.1) is 6.92 Å². The number of hydrazine groups is 1. The van der Waals surface area contributed by atoms with Crippen LogP contribution in [0.2, 0.25) is 0 Å². The molecule has 0 unspecified atom stereocenters. The molecule has 0 saturated heterocycles. The summed E-state index contributed by atoms with van der Waals surface area (Å²) in [5.74, 6) is -0.452. The fraction of sp³-hybridized carbons (Fsp3) is 0.200. The third kappa shape index (κ3) is 5.00. The van der Waals surface area contributed by atoms with E-state index in [0.717, 1.165) is 12.1 Å². The average Bonchev–Trinajstić information content (AvgIpc) is 3.13. The Balaban J connectivity index is 1.66. The molecule has 31 heavy (non-hydrogen) atoms. The fourth-order valence-electron chi connectivity index (χ4n) is 2.66. The van der Waals surface area contributed by atoms with E-state index >= 15 is 0 Å². The highest BCUT2D eigenvalue weighted by atomic mass is 19.4. The molecular formula is C20H18F3N5O3. The summed E-state index contributed by atoms with van der Waals surface area (Å²) in [7, 11) is 0. The molecule has 11 heteroatoms. The van der Waals surface area contributed by atoms with Crippen LogP contribution in [0.5, 0.6) is 5.75 Å². The lowest BCUT2D eigenvalue weighted by Gasteiger charge is -2.09. The first-order valence-corrected chi connectivity index (χ1v) is 9.12. The zero-order valence-electron chi connectivity index (χ0n) is 16.5. The summed E-state index contributed by atoms with van der Waals surface area (Å²) < 4.78 is 44.6. The second kappa shape index (κ2) is 8.86. The lowest BCUT2D eigenvalue weighted by atomic mass is 10.2. The molecule has 0 aliphatic carbocycles. The number of rotatable bonds is 5. The molecule has 0 aliphatic rings. The SMILES string of the molecule is CCOc1ccc(C(=O)NNC(=O)c2cnn(-c3ccc(C(F)(F)F)cn3)c2C)cc1. The Morgan fingerprint density at radius 3 is 2.29 bits per heavy atom. The number of carbonyl (C=O) groups excluding carboxylic acids is 2. The number of alkyl halides is 3. The predicted octanol–water partition coefficient (Wildman–Crippen LogP) is 3.07. The zero-order valence-corrected chi connectivity index (χ0v) is 16.5. The first-order valence-electron chi connectivity index (χ1n) is 9.12. The van der Waals surface area contributed by atoms with Gasteiger partial charge in [-0.15, -0.1) is 0 Å². The van der Waals surface area contributed by atoms with Crippen LogP contribution in [-0.4, -0.2) is 33.2 Å². The number of benzene rings is 1. The van der Waals surface area contributed by atoms with Crippen molar-refractivity contribution in [3.05, 3.63) is 71.2 Å². The van der Waals surface area contributed by atoms with Crippen molar-refractivity contribution in [3.8, 4) is 11.6 Å². The van der Waals surface area contributed by atoms with Crippen LogP contribution >= 0.6 is 0 Å². The van der Waals surface area contributed by atoms with Crippen molar-refractivity contribution in [1.82, 2.24) is 25.6 Å². The molecule has 162 valence electrons. The Labute approximate surface area is 175 Å². The molecular weight excluding hydrogens is 415 g/mol. The molecule has 2 N–H and O–H groups in total. The third-order valence-corrected chi connectivity index (χ3v) is 4.26. The number of amides is 2. The van der Waals surface area contributed by atoms with E-state index < -0.39 is 23.6 Å². The number of nitrogens with one attached hydrogen (secondary N) is 2. The monoisotopic (exact) mass is 433 g/mol. The van der Waals surface area contributed by atoms with Crippen LogP contribution in [0.25, 0.3) is 5.82 Å². The predicted molar refractivity (Wildman–Crippen MR) is 104 cm³/mol. The number of nitrogens with zero attached hydrogens (tertiary/aromatic N) is 3. The lowest BCUT2D eigenvalue weighted by Crippen LogP contribution is -2.41. The average molecular weight is 433 g/mol. The largest absolute Gasteiger partial charge is 0.494 e. The van der Waals surface area contributed by atoms with Crippen LogP contribution in [0.4, 0.5) is 13.2 Å². The van der Waals surface area contributed by atoms with E-state index in [1.54, 1.807) is 31.2 Å². The molecule has 2 aromatic heterocycles. The summed E-state index contributed by atoms with van der Waals surface area (Å²) in [6.45, 7) is 3.89. The Morgan fingerprint density at radius 2 is 1.71 bits per heavy atom. The van der Waals surface area contributed by atoms with E-state index in [1.165, 1.54) is 10.9 Å². The van der Waals surface area contributed by atoms with Gasteiger partial charge in [-0.25, -0.2) is 9.67 Å². The number of hydrogen-bond acceptors (Lipinski definition) is 5. The minimum absolute atomic E-state index is 0.114. The van der Waals surface area contributed by atoms with Crippen LogP contribution in [0.3, 0.4) is 0 Å². The number of halogens is 3. The topological polar surface area (TPSA) is 98.1 Å². The number of hydrogen-bond donors (Lipinski definition) is 2. The molecule has 8 nitrogen and oxygen atoms in total. The van der Waals surface area contributed by atoms with Crippen molar-refractivity contribution in [2.75, 3.05) is 6.61 Å². The first kappa shape index (κ1) is 21.8. The van der Waals surface area contributed by atoms with E-state index in [2.05, 4.69) is 20.9 Å². The summed E-state index contributed by atoms with van der Waals surface area (Å²) in [6, 6.07) is 8.38. The molecule has 0 aliphatic heterocycles. The third-order valence-electron chi connectivity index (χ3n) is 4.26. The van der Waals surface area contributed by atoms with Gasteiger partial charge in [-0.1, -0.05) is 0 Å². The first-order chi connectivity index (χ1) is 14.7. The van der Waals surface area contributed by atoms with E-state index in [1.807, 2.05) is 6.92 Å². The zero-order chi connectivity index (χ0) is 22.6. The minimum Gasteiger partial charge on any atom is -0.494 e. The van der Waals surface area contributed by atoms with Crippen molar-refractivity contribution < 1.29 is 27.5 Å². The van der Waals surface area contributed by atoms with Gasteiger partial charge in [0.1, 0.15) is 5.75 Å². The molecule has 3 rings (SSSR count). The number of pyridine rings is 1. The highest BCUT2D eigenvalue weighted by molar-refractivity contribution is 5.99. The van der Waals surface area contributed by atoms with Gasteiger partial charge in [0.2, 0.25) is 0 Å². The number of ether oxygens (including phenoxy) is 1. The molecule has 2 heterocycles. The maximum absolute atomic E-state index is 12.7. The molecule has 0 spiro atoms. The van der Waals surface area contributed by atoms with Crippen molar-refractivity contribution in [2.24, 2.45) is 0 Å². The van der Waals surface area contributed by atoms with E-state index in [4.69, 9.17) is 4.74 Å². The van der Waals surface area contributed by atoms with Crippen LogP contribution < -0.4 is 15.6 Å². The Bertz CT molecular complexity index is 1080. The van der Waals surface area contributed by atoms with Gasteiger partial charge in [0.15, 0.2) is 5.82 Å². The summed E-state index contributed by atoms with van der Waals surface area (Å²) in [5.41, 5.74) is 4.44. The van der Waals surface area contributed by atoms with Crippen LogP contribution in [0.1, 0.15) is 38.9 Å². The molecule has 0 fully saturated rings. The Hall–Kier alpha value is -3.89. The normalized spacial score (nSPS) is 11.1. The standard InChI is InChI=1S/C20H18F3N5O3/c1-3-31-15-7-4-13(5-8-15)18(29)26-27-19(30)16-11-25-28(12(16)2)17-9-6-14(10-24-17)20(21,22)23/h4-11H,3H2,1-2H3,(H,26,29)(H,27,30).